The summed E-state index contributed by atoms with van der Waals surface area (Å²) >= 11 is 6.14. The maximum absolute atomic E-state index is 13.7. The van der Waals surface area contributed by atoms with Gasteiger partial charge in [-0.15, -0.1) is 0 Å². The molecule has 2 aromatic carbocycles. The first-order valence-electron chi connectivity index (χ1n) is 12.5. The number of H-pyrrole nitrogens is 1. The Kier molecular flexibility index (Phi) is 7.42. The molecular formula is C29H29ClN4O3. The molecule has 2 aromatic heterocycles. The highest BCUT2D eigenvalue weighted by molar-refractivity contribution is 6.30. The highest BCUT2D eigenvalue weighted by atomic mass is 35.5. The van der Waals surface area contributed by atoms with E-state index in [1.165, 1.54) is 0 Å². The number of pyridine rings is 1. The quantitative estimate of drug-likeness (QED) is 0.245. The smallest absolute Gasteiger partial charge is 0.273 e. The van der Waals surface area contributed by atoms with E-state index in [4.69, 9.17) is 21.1 Å². The van der Waals surface area contributed by atoms with E-state index in [9.17, 15) is 4.79 Å². The van der Waals surface area contributed by atoms with Crippen molar-refractivity contribution >= 4 is 17.5 Å². The second-order valence-corrected chi connectivity index (χ2v) is 9.34. The largest absolute Gasteiger partial charge is 0.490 e. The monoisotopic (exact) mass is 516 g/mol. The molecule has 1 aliphatic heterocycles. The van der Waals surface area contributed by atoms with E-state index in [1.54, 1.807) is 12.4 Å². The number of carbonyl (C=O) groups is 1. The molecule has 37 heavy (non-hydrogen) atoms. The van der Waals surface area contributed by atoms with Crippen molar-refractivity contribution in [3.63, 3.8) is 0 Å². The van der Waals surface area contributed by atoms with E-state index < -0.39 is 0 Å². The van der Waals surface area contributed by atoms with E-state index in [0.29, 0.717) is 42.0 Å². The number of hydrogen-bond acceptors (Lipinski definition) is 5. The molecule has 0 spiro atoms. The van der Waals surface area contributed by atoms with Crippen molar-refractivity contribution in [1.82, 2.24) is 20.1 Å². The number of nitrogens with zero attached hydrogens (tertiary/aromatic N) is 3. The second-order valence-electron chi connectivity index (χ2n) is 8.91. The van der Waals surface area contributed by atoms with Crippen LogP contribution in [0.5, 0.6) is 11.5 Å². The Morgan fingerprint density at radius 1 is 1.05 bits per heavy atom. The fraction of sp³-hybridized carbons (Fsp3) is 0.276. The number of amides is 1. The number of aromatic nitrogens is 3. The normalized spacial score (nSPS) is 14.6. The van der Waals surface area contributed by atoms with Gasteiger partial charge in [-0.25, -0.2) is 0 Å². The predicted octanol–water partition coefficient (Wildman–Crippen LogP) is 6.45. The van der Waals surface area contributed by atoms with Gasteiger partial charge in [0.25, 0.3) is 5.91 Å². The second kappa shape index (κ2) is 11.0. The topological polar surface area (TPSA) is 80.3 Å². The van der Waals surface area contributed by atoms with Crippen LogP contribution in [0.2, 0.25) is 5.02 Å². The Balaban J connectivity index is 1.60. The molecule has 0 fully saturated rings. The minimum absolute atomic E-state index is 0.113. The molecule has 1 atom stereocenters. The fourth-order valence-electron chi connectivity index (χ4n) is 4.63. The van der Waals surface area contributed by atoms with Crippen LogP contribution in [0, 0.1) is 0 Å². The first-order chi connectivity index (χ1) is 18.1. The number of benzene rings is 2. The summed E-state index contributed by atoms with van der Waals surface area (Å²) in [7, 11) is 0. The Bertz CT molecular complexity index is 1370. The lowest BCUT2D eigenvalue weighted by molar-refractivity contribution is 0.0729. The number of fused-ring (bicyclic) bond motifs is 1. The van der Waals surface area contributed by atoms with Crippen molar-refractivity contribution in [2.24, 2.45) is 0 Å². The summed E-state index contributed by atoms with van der Waals surface area (Å²) in [6.07, 6.45) is 5.52. The van der Waals surface area contributed by atoms with Crippen LogP contribution in [0.3, 0.4) is 0 Å². The minimum atomic E-state index is -0.379. The number of rotatable bonds is 10. The number of nitrogens with one attached hydrogen (secondary N) is 1. The van der Waals surface area contributed by atoms with E-state index in [-0.39, 0.29) is 11.9 Å². The summed E-state index contributed by atoms with van der Waals surface area (Å²) in [5.74, 6) is 1.25. The van der Waals surface area contributed by atoms with Crippen LogP contribution in [0.4, 0.5) is 0 Å². The number of carbonyl (C=O) groups excluding carboxylic acids is 1. The molecular weight excluding hydrogens is 488 g/mol. The molecule has 8 heteroatoms. The summed E-state index contributed by atoms with van der Waals surface area (Å²) in [6.45, 7) is 5.60. The molecule has 3 heterocycles. The number of unbranched alkanes of at least 4 members (excludes halogenated alkanes) is 1. The van der Waals surface area contributed by atoms with Gasteiger partial charge in [0, 0.05) is 35.1 Å². The van der Waals surface area contributed by atoms with Crippen molar-refractivity contribution in [3.05, 3.63) is 94.4 Å². The summed E-state index contributed by atoms with van der Waals surface area (Å²) in [6, 6.07) is 16.9. The van der Waals surface area contributed by atoms with Crippen molar-refractivity contribution in [2.75, 3.05) is 13.2 Å². The summed E-state index contributed by atoms with van der Waals surface area (Å²) < 4.78 is 12.0. The highest BCUT2D eigenvalue weighted by Crippen LogP contribution is 2.45. The molecule has 0 saturated heterocycles. The molecule has 190 valence electrons. The van der Waals surface area contributed by atoms with Gasteiger partial charge in [0.2, 0.25) is 0 Å². The number of hydrogen-bond donors (Lipinski definition) is 1. The van der Waals surface area contributed by atoms with Crippen LogP contribution in [-0.4, -0.2) is 39.2 Å². The Morgan fingerprint density at radius 3 is 2.62 bits per heavy atom. The average molecular weight is 517 g/mol. The zero-order chi connectivity index (χ0) is 25.8. The third-order valence-corrected chi connectivity index (χ3v) is 6.65. The molecule has 0 radical (unpaired) electrons. The van der Waals surface area contributed by atoms with Crippen molar-refractivity contribution in [1.29, 1.82) is 0 Å². The molecule has 1 N–H and O–H groups in total. The van der Waals surface area contributed by atoms with Crippen molar-refractivity contribution in [3.8, 4) is 22.8 Å². The summed E-state index contributed by atoms with van der Waals surface area (Å²) in [4.78, 5) is 19.8. The predicted molar refractivity (Wildman–Crippen MR) is 143 cm³/mol. The zero-order valence-electron chi connectivity index (χ0n) is 20.9. The van der Waals surface area contributed by atoms with Crippen molar-refractivity contribution in [2.45, 2.75) is 39.3 Å². The molecule has 1 amide bonds. The minimum Gasteiger partial charge on any atom is -0.490 e. The van der Waals surface area contributed by atoms with Gasteiger partial charge in [-0.1, -0.05) is 49.2 Å². The van der Waals surface area contributed by atoms with Gasteiger partial charge in [-0.2, -0.15) is 5.10 Å². The molecule has 1 aliphatic rings. The molecule has 5 rings (SSSR count). The molecule has 1 unspecified atom stereocenters. The fourth-order valence-corrected chi connectivity index (χ4v) is 4.76. The first-order valence-corrected chi connectivity index (χ1v) is 12.9. The van der Waals surface area contributed by atoms with Crippen LogP contribution in [0.1, 0.15) is 59.9 Å². The third kappa shape index (κ3) is 5.04. The van der Waals surface area contributed by atoms with Crippen molar-refractivity contribution < 1.29 is 14.3 Å². The van der Waals surface area contributed by atoms with E-state index in [0.717, 1.165) is 40.8 Å². The molecule has 0 saturated carbocycles. The maximum Gasteiger partial charge on any atom is 0.273 e. The van der Waals surface area contributed by atoms with Gasteiger partial charge in [0.1, 0.15) is 5.69 Å². The lowest BCUT2D eigenvalue weighted by atomic mass is 9.95. The Morgan fingerprint density at radius 2 is 1.89 bits per heavy atom. The zero-order valence-corrected chi connectivity index (χ0v) is 21.7. The standard InChI is InChI=1S/C29H29ClN4O3/c1-3-5-15-37-23-13-10-21(16-24(23)36-4-2)28-25-26(20-8-11-22(30)12-9-20)32-33-27(25)29(35)34(28)18-19-7-6-14-31-17-19/h6-14,16-17,28H,3-5,15,18H2,1-2H3,(H,32,33). The Labute approximate surface area is 221 Å². The lowest BCUT2D eigenvalue weighted by Gasteiger charge is -2.27. The molecule has 7 nitrogen and oxygen atoms in total. The Hall–Kier alpha value is -3.84. The van der Waals surface area contributed by atoms with Gasteiger partial charge in [0.05, 0.1) is 24.9 Å². The van der Waals surface area contributed by atoms with Crippen LogP contribution in [0.15, 0.2) is 67.0 Å². The van der Waals surface area contributed by atoms with Gasteiger partial charge >= 0.3 is 0 Å². The number of halogens is 1. The third-order valence-electron chi connectivity index (χ3n) is 6.40. The molecule has 0 bridgehead atoms. The van der Waals surface area contributed by atoms with E-state index >= 15 is 0 Å². The van der Waals surface area contributed by atoms with Crippen LogP contribution < -0.4 is 9.47 Å². The van der Waals surface area contributed by atoms with Gasteiger partial charge < -0.3 is 14.4 Å². The van der Waals surface area contributed by atoms with Crippen LogP contribution in [0.25, 0.3) is 11.3 Å². The number of ether oxygens (including phenoxy) is 2. The molecule has 0 aliphatic carbocycles. The first kappa shape index (κ1) is 24.8. The number of aromatic amines is 1. The van der Waals surface area contributed by atoms with Crippen LogP contribution in [-0.2, 0) is 6.54 Å². The van der Waals surface area contributed by atoms with Gasteiger partial charge in [-0.05, 0) is 54.8 Å². The SMILES string of the molecule is CCCCOc1ccc(C2c3c(-c4ccc(Cl)cc4)n[nH]c3C(=O)N2Cc2cccnc2)cc1OCC. The molecule has 4 aromatic rings. The average Bonchev–Trinajstić information content (AvgIpc) is 3.45. The summed E-state index contributed by atoms with van der Waals surface area (Å²) in [5.41, 5.74) is 4.78. The highest BCUT2D eigenvalue weighted by Gasteiger charge is 2.42. The van der Waals surface area contributed by atoms with E-state index in [2.05, 4.69) is 22.1 Å². The van der Waals surface area contributed by atoms with Gasteiger partial charge in [0.15, 0.2) is 11.5 Å². The lowest BCUT2D eigenvalue weighted by Crippen LogP contribution is -2.29. The maximum atomic E-state index is 13.7. The van der Waals surface area contributed by atoms with Crippen LogP contribution >= 0.6 is 11.6 Å². The van der Waals surface area contributed by atoms with Gasteiger partial charge in [-0.3, -0.25) is 14.9 Å². The van der Waals surface area contributed by atoms with E-state index in [1.807, 2.05) is 66.4 Å². The summed E-state index contributed by atoms with van der Waals surface area (Å²) in [5, 5.41) is 8.19.